The Labute approximate surface area is 124 Å². The van der Waals surface area contributed by atoms with E-state index in [0.717, 1.165) is 0 Å². The molecule has 0 radical (unpaired) electrons. The summed E-state index contributed by atoms with van der Waals surface area (Å²) in [5.74, 6) is 0. The third-order valence-corrected chi connectivity index (χ3v) is 5.00. The zero-order valence-electron chi connectivity index (χ0n) is 13.2. The number of hydrogen-bond donors (Lipinski definition) is 0. The lowest BCUT2D eigenvalue weighted by Gasteiger charge is -2.35. The van der Waals surface area contributed by atoms with Gasteiger partial charge in [0.25, 0.3) is 0 Å². The van der Waals surface area contributed by atoms with Crippen LogP contribution < -0.4 is 0 Å². The molecule has 0 N–H and O–H groups in total. The maximum atomic E-state index is 4.36. The van der Waals surface area contributed by atoms with Crippen LogP contribution in [0.1, 0.15) is 58.8 Å². The minimum absolute atomic E-state index is 0.211. The largest absolute Gasteiger partial charge is 0.0984 e. The van der Waals surface area contributed by atoms with E-state index in [-0.39, 0.29) is 5.41 Å². The summed E-state index contributed by atoms with van der Waals surface area (Å²) in [6.07, 6.45) is 18.1. The molecule has 1 spiro atoms. The molecular formula is C20H28. The van der Waals surface area contributed by atoms with Gasteiger partial charge in [-0.05, 0) is 49.0 Å². The molecule has 2 rings (SSSR count). The Morgan fingerprint density at radius 1 is 1.00 bits per heavy atom. The molecular weight excluding hydrogens is 240 g/mol. The van der Waals surface area contributed by atoms with Gasteiger partial charge in [-0.15, -0.1) is 0 Å². The van der Waals surface area contributed by atoms with Crippen LogP contribution in [-0.4, -0.2) is 0 Å². The van der Waals surface area contributed by atoms with Crippen LogP contribution in [0.3, 0.4) is 0 Å². The van der Waals surface area contributed by atoms with Crippen molar-refractivity contribution in [3.05, 3.63) is 59.8 Å². The molecule has 0 aromatic heterocycles. The molecule has 20 heavy (non-hydrogen) atoms. The highest BCUT2D eigenvalue weighted by Crippen LogP contribution is 2.56. The molecule has 0 aliphatic heterocycles. The predicted molar refractivity (Wildman–Crippen MR) is 89.7 cm³/mol. The lowest BCUT2D eigenvalue weighted by molar-refractivity contribution is 0.327. The van der Waals surface area contributed by atoms with Crippen molar-refractivity contribution in [2.24, 2.45) is 5.41 Å². The molecule has 0 unspecified atom stereocenters. The van der Waals surface area contributed by atoms with Gasteiger partial charge in [0.2, 0.25) is 0 Å². The van der Waals surface area contributed by atoms with Crippen LogP contribution in [0, 0.1) is 5.41 Å². The molecule has 0 aromatic carbocycles. The van der Waals surface area contributed by atoms with E-state index in [0.29, 0.717) is 0 Å². The third kappa shape index (κ3) is 2.37. The molecule has 1 fully saturated rings. The van der Waals surface area contributed by atoms with Gasteiger partial charge in [-0.3, -0.25) is 0 Å². The quantitative estimate of drug-likeness (QED) is 0.552. The van der Waals surface area contributed by atoms with Crippen molar-refractivity contribution in [3.8, 4) is 0 Å². The average molecular weight is 268 g/mol. The van der Waals surface area contributed by atoms with Crippen LogP contribution in [0.5, 0.6) is 0 Å². The second kappa shape index (κ2) is 6.43. The maximum absolute atomic E-state index is 4.36. The van der Waals surface area contributed by atoms with Gasteiger partial charge in [0, 0.05) is 5.41 Å². The Hall–Kier alpha value is -1.30. The summed E-state index contributed by atoms with van der Waals surface area (Å²) in [6, 6.07) is 0. The van der Waals surface area contributed by atoms with E-state index in [9.17, 15) is 0 Å². The van der Waals surface area contributed by atoms with E-state index in [2.05, 4.69) is 45.2 Å². The lowest BCUT2D eigenvalue weighted by atomic mass is 9.68. The molecule has 0 bridgehead atoms. The van der Waals surface area contributed by atoms with Gasteiger partial charge >= 0.3 is 0 Å². The van der Waals surface area contributed by atoms with Gasteiger partial charge < -0.3 is 0 Å². The first kappa shape index (κ1) is 15.1. The summed E-state index contributed by atoms with van der Waals surface area (Å²) in [5, 5.41) is 0. The first-order valence-corrected chi connectivity index (χ1v) is 8.07. The van der Waals surface area contributed by atoms with Crippen LogP contribution in [0.4, 0.5) is 0 Å². The molecule has 0 atom stereocenters. The van der Waals surface area contributed by atoms with Crippen molar-refractivity contribution in [1.29, 1.82) is 0 Å². The molecule has 2 aliphatic rings. The standard InChI is InChI=1S/C20H28/c1-5-13-19-17(6-2)16(4)18(7-3)20(19)14-11-9-8-10-12-15-20/h5-7,13H,2,4,8-12,14-15H2,1,3H3/b13-5-,18-7+. The average Bonchev–Trinajstić information content (AvgIpc) is 2.63. The van der Waals surface area contributed by atoms with E-state index in [1.165, 1.54) is 67.2 Å². The molecule has 1 saturated carbocycles. The van der Waals surface area contributed by atoms with E-state index >= 15 is 0 Å². The number of allylic oxidation sites excluding steroid dienone is 8. The van der Waals surface area contributed by atoms with Gasteiger partial charge in [-0.1, -0.05) is 69.6 Å². The van der Waals surface area contributed by atoms with E-state index in [1.807, 2.05) is 6.08 Å². The summed E-state index contributed by atoms with van der Waals surface area (Å²) in [6.45, 7) is 12.7. The fourth-order valence-electron chi connectivity index (χ4n) is 4.15. The van der Waals surface area contributed by atoms with E-state index in [4.69, 9.17) is 0 Å². The Morgan fingerprint density at radius 2 is 1.60 bits per heavy atom. The van der Waals surface area contributed by atoms with Gasteiger partial charge in [0.1, 0.15) is 0 Å². The monoisotopic (exact) mass is 268 g/mol. The first-order chi connectivity index (χ1) is 9.71. The number of hydrogen-bond acceptors (Lipinski definition) is 0. The third-order valence-electron chi connectivity index (χ3n) is 5.00. The van der Waals surface area contributed by atoms with Crippen molar-refractivity contribution in [2.75, 3.05) is 0 Å². The first-order valence-electron chi connectivity index (χ1n) is 8.07. The Morgan fingerprint density at radius 3 is 2.10 bits per heavy atom. The smallest absolute Gasteiger partial charge is 0.0211 e. The molecule has 0 nitrogen and oxygen atoms in total. The maximum Gasteiger partial charge on any atom is 0.0211 e. The van der Waals surface area contributed by atoms with Gasteiger partial charge in [0.15, 0.2) is 0 Å². The van der Waals surface area contributed by atoms with Crippen molar-refractivity contribution in [2.45, 2.75) is 58.8 Å². The fourth-order valence-corrected chi connectivity index (χ4v) is 4.15. The molecule has 0 saturated heterocycles. The van der Waals surface area contributed by atoms with Crippen molar-refractivity contribution in [1.82, 2.24) is 0 Å². The summed E-state index contributed by atoms with van der Waals surface area (Å²) in [5.41, 5.74) is 5.62. The summed E-state index contributed by atoms with van der Waals surface area (Å²) in [7, 11) is 0. The van der Waals surface area contributed by atoms with Crippen LogP contribution in [-0.2, 0) is 0 Å². The molecule has 0 heterocycles. The summed E-state index contributed by atoms with van der Waals surface area (Å²) < 4.78 is 0. The van der Waals surface area contributed by atoms with Crippen molar-refractivity contribution < 1.29 is 0 Å². The minimum atomic E-state index is 0.211. The van der Waals surface area contributed by atoms with E-state index in [1.54, 1.807) is 0 Å². The van der Waals surface area contributed by atoms with Crippen molar-refractivity contribution >= 4 is 0 Å². The van der Waals surface area contributed by atoms with Crippen LogP contribution in [0.2, 0.25) is 0 Å². The topological polar surface area (TPSA) is 0 Å². The highest BCUT2D eigenvalue weighted by Gasteiger charge is 2.43. The Kier molecular flexibility index (Phi) is 4.86. The highest BCUT2D eigenvalue weighted by atomic mass is 14.5. The Balaban J connectivity index is 2.57. The molecule has 0 aromatic rings. The zero-order valence-corrected chi connectivity index (χ0v) is 13.2. The molecule has 2 aliphatic carbocycles. The van der Waals surface area contributed by atoms with Gasteiger partial charge in [-0.2, -0.15) is 0 Å². The second-order valence-electron chi connectivity index (χ2n) is 6.06. The van der Waals surface area contributed by atoms with Gasteiger partial charge in [-0.25, -0.2) is 0 Å². The fraction of sp³-hybridized carbons (Fsp3) is 0.500. The zero-order chi connectivity index (χ0) is 14.6. The van der Waals surface area contributed by atoms with Gasteiger partial charge in [0.05, 0.1) is 0 Å². The summed E-state index contributed by atoms with van der Waals surface area (Å²) >= 11 is 0. The lowest BCUT2D eigenvalue weighted by Crippen LogP contribution is -2.23. The van der Waals surface area contributed by atoms with Crippen LogP contribution in [0.15, 0.2) is 59.8 Å². The minimum Gasteiger partial charge on any atom is -0.0984 e. The SMILES string of the molecule is C=CC1=C(/C=C\C)C2(CCCCCCC2)/C(=C/C)C1=C. The van der Waals surface area contributed by atoms with Crippen molar-refractivity contribution in [3.63, 3.8) is 0 Å². The van der Waals surface area contributed by atoms with E-state index < -0.39 is 0 Å². The molecule has 0 heteroatoms. The normalized spacial score (nSPS) is 25.5. The summed E-state index contributed by atoms with van der Waals surface area (Å²) in [4.78, 5) is 0. The molecule has 0 amide bonds. The molecule has 108 valence electrons. The van der Waals surface area contributed by atoms with Crippen LogP contribution >= 0.6 is 0 Å². The number of rotatable bonds is 2. The highest BCUT2D eigenvalue weighted by molar-refractivity contribution is 5.67. The predicted octanol–water partition coefficient (Wildman–Crippen LogP) is 6.29. The van der Waals surface area contributed by atoms with Crippen LogP contribution in [0.25, 0.3) is 0 Å². The Bertz CT molecular complexity index is 474. The second-order valence-corrected chi connectivity index (χ2v) is 6.06.